The number of carbonyl (C=O) groups excluding carboxylic acids is 1. The highest BCUT2D eigenvalue weighted by molar-refractivity contribution is 5.89. The van der Waals surface area contributed by atoms with Crippen molar-refractivity contribution in [1.29, 1.82) is 0 Å². The molecule has 10 heteroatoms. The molecule has 5 rings (SSSR count). The molecule has 0 bridgehead atoms. The molecule has 40 heavy (non-hydrogen) atoms. The molecule has 1 saturated carbocycles. The van der Waals surface area contributed by atoms with Gasteiger partial charge in [-0.1, -0.05) is 18.2 Å². The third-order valence-corrected chi connectivity index (χ3v) is 7.56. The molecular weight excluding hydrogens is 506 g/mol. The molecule has 1 aromatic carbocycles. The molecule has 3 aromatic rings. The number of nitrogens with zero attached hydrogens (tertiary/aromatic N) is 7. The molecule has 0 atom stereocenters. The zero-order chi connectivity index (χ0) is 28.4. The van der Waals surface area contributed by atoms with Crippen LogP contribution < -0.4 is 4.90 Å². The largest absolute Gasteiger partial charge is 0.444 e. The fraction of sp³-hybridized carbons (Fsp3) is 0.600. The van der Waals surface area contributed by atoms with Crippen LogP contribution in [0.1, 0.15) is 58.1 Å². The Bertz CT molecular complexity index is 1320. The number of anilines is 1. The Morgan fingerprint density at radius 1 is 1.07 bits per heavy atom. The van der Waals surface area contributed by atoms with Crippen LogP contribution in [0.5, 0.6) is 0 Å². The first kappa shape index (κ1) is 28.3. The van der Waals surface area contributed by atoms with Crippen LogP contribution in [0.2, 0.25) is 0 Å². The Morgan fingerprint density at radius 3 is 2.52 bits per heavy atom. The summed E-state index contributed by atoms with van der Waals surface area (Å²) < 4.78 is 13.2. The summed E-state index contributed by atoms with van der Waals surface area (Å²) in [6, 6.07) is 9.25. The van der Waals surface area contributed by atoms with E-state index in [9.17, 15) is 4.79 Å². The van der Waals surface area contributed by atoms with E-state index in [0.717, 1.165) is 80.2 Å². The van der Waals surface area contributed by atoms with E-state index in [1.54, 1.807) is 11.9 Å². The molecule has 0 unspecified atom stereocenters. The summed E-state index contributed by atoms with van der Waals surface area (Å²) in [7, 11) is 5.97. The van der Waals surface area contributed by atoms with Gasteiger partial charge >= 0.3 is 6.09 Å². The van der Waals surface area contributed by atoms with Crippen molar-refractivity contribution in [3.8, 4) is 11.4 Å². The van der Waals surface area contributed by atoms with Crippen molar-refractivity contribution >= 4 is 22.9 Å². The molecule has 0 N–H and O–H groups in total. The SMILES string of the molecule is CN(CCN(C)C(=O)OC(C)(C)C)Cc1cccc(-c2nc(N(C)C3CCOCC3)c3cnn(C4CC4)c3n2)c1. The molecule has 1 aliphatic heterocycles. The summed E-state index contributed by atoms with van der Waals surface area (Å²) in [6.45, 7) is 9.25. The number of carbonyl (C=O) groups is 1. The second-order valence-electron chi connectivity index (χ2n) is 12.2. The number of fused-ring (bicyclic) bond motifs is 1. The smallest absolute Gasteiger partial charge is 0.410 e. The van der Waals surface area contributed by atoms with E-state index in [0.29, 0.717) is 18.6 Å². The average molecular weight is 550 g/mol. The second kappa shape index (κ2) is 11.7. The van der Waals surface area contributed by atoms with Crippen molar-refractivity contribution in [1.82, 2.24) is 29.5 Å². The van der Waals surface area contributed by atoms with E-state index in [-0.39, 0.29) is 6.09 Å². The van der Waals surface area contributed by atoms with Gasteiger partial charge in [-0.15, -0.1) is 0 Å². The fourth-order valence-corrected chi connectivity index (χ4v) is 5.09. The Kier molecular flexibility index (Phi) is 8.28. The summed E-state index contributed by atoms with van der Waals surface area (Å²) in [4.78, 5) is 28.6. The molecule has 1 aliphatic carbocycles. The normalized spacial score (nSPS) is 16.5. The zero-order valence-electron chi connectivity index (χ0n) is 24.8. The fourth-order valence-electron chi connectivity index (χ4n) is 5.09. The monoisotopic (exact) mass is 549 g/mol. The Labute approximate surface area is 237 Å². The van der Waals surface area contributed by atoms with Gasteiger partial charge in [0.15, 0.2) is 11.5 Å². The molecule has 2 aromatic heterocycles. The van der Waals surface area contributed by atoms with E-state index in [1.807, 2.05) is 27.0 Å². The lowest BCUT2D eigenvalue weighted by Gasteiger charge is -2.32. The van der Waals surface area contributed by atoms with E-state index in [2.05, 4.69) is 52.8 Å². The van der Waals surface area contributed by atoms with Gasteiger partial charge in [0.2, 0.25) is 0 Å². The van der Waals surface area contributed by atoms with Gasteiger partial charge in [-0.3, -0.25) is 0 Å². The summed E-state index contributed by atoms with van der Waals surface area (Å²) in [5.41, 5.74) is 2.56. The van der Waals surface area contributed by atoms with Crippen molar-refractivity contribution in [2.24, 2.45) is 0 Å². The molecule has 1 saturated heterocycles. The molecule has 0 radical (unpaired) electrons. The van der Waals surface area contributed by atoms with Crippen LogP contribution in [0.15, 0.2) is 30.5 Å². The van der Waals surface area contributed by atoms with Gasteiger partial charge in [-0.2, -0.15) is 5.10 Å². The van der Waals surface area contributed by atoms with Crippen molar-refractivity contribution in [3.05, 3.63) is 36.0 Å². The minimum atomic E-state index is -0.501. The highest BCUT2D eigenvalue weighted by atomic mass is 16.6. The Balaban J connectivity index is 1.35. The van der Waals surface area contributed by atoms with Crippen LogP contribution in [0.4, 0.5) is 10.6 Å². The predicted molar refractivity (Wildman–Crippen MR) is 156 cm³/mol. The lowest BCUT2D eigenvalue weighted by Crippen LogP contribution is -2.38. The first-order valence-corrected chi connectivity index (χ1v) is 14.4. The maximum atomic E-state index is 12.3. The van der Waals surface area contributed by atoms with Gasteiger partial charge in [0, 0.05) is 58.5 Å². The number of rotatable bonds is 9. The van der Waals surface area contributed by atoms with Gasteiger partial charge in [0.1, 0.15) is 11.4 Å². The highest BCUT2D eigenvalue weighted by Crippen LogP contribution is 2.38. The van der Waals surface area contributed by atoms with Crippen LogP contribution in [0.3, 0.4) is 0 Å². The minimum absolute atomic E-state index is 0.303. The molecule has 216 valence electrons. The van der Waals surface area contributed by atoms with E-state index in [1.165, 1.54) is 5.56 Å². The van der Waals surface area contributed by atoms with Crippen LogP contribution in [0.25, 0.3) is 22.4 Å². The second-order valence-corrected chi connectivity index (χ2v) is 12.2. The lowest BCUT2D eigenvalue weighted by molar-refractivity contribution is 0.0286. The quantitative estimate of drug-likeness (QED) is 0.378. The van der Waals surface area contributed by atoms with E-state index < -0.39 is 5.60 Å². The predicted octanol–water partition coefficient (Wildman–Crippen LogP) is 4.74. The van der Waals surface area contributed by atoms with Crippen molar-refractivity contribution in [3.63, 3.8) is 0 Å². The highest BCUT2D eigenvalue weighted by Gasteiger charge is 2.29. The Hall–Kier alpha value is -3.24. The van der Waals surface area contributed by atoms with Crippen molar-refractivity contribution in [2.45, 2.75) is 70.7 Å². The number of hydrogen-bond donors (Lipinski definition) is 0. The molecular formula is C30H43N7O3. The molecule has 0 spiro atoms. The van der Waals surface area contributed by atoms with Crippen LogP contribution in [-0.2, 0) is 16.0 Å². The first-order chi connectivity index (χ1) is 19.1. The summed E-state index contributed by atoms with van der Waals surface area (Å²) in [6.07, 6.45) is 5.89. The van der Waals surface area contributed by atoms with Gasteiger partial charge in [0.05, 0.1) is 17.6 Å². The van der Waals surface area contributed by atoms with Crippen molar-refractivity contribution < 1.29 is 14.3 Å². The number of benzene rings is 1. The molecule has 1 amide bonds. The van der Waals surface area contributed by atoms with Crippen molar-refractivity contribution in [2.75, 3.05) is 52.3 Å². The van der Waals surface area contributed by atoms with Gasteiger partial charge in [-0.25, -0.2) is 19.4 Å². The number of ether oxygens (including phenoxy) is 2. The standard InChI is InChI=1S/C30H43N7O3/c1-30(2,3)40-29(38)35(5)15-14-34(4)20-21-8-7-9-22(18-21)26-32-27(36(6)23-12-16-39-17-13-23)25-19-31-37(24-10-11-24)28(25)33-26/h7-9,18-19,23-24H,10-17,20H2,1-6H3. The average Bonchev–Trinajstić information content (AvgIpc) is 3.68. The van der Waals surface area contributed by atoms with Crippen LogP contribution in [-0.4, -0.2) is 94.7 Å². The summed E-state index contributed by atoms with van der Waals surface area (Å²) in [5.74, 6) is 1.66. The maximum absolute atomic E-state index is 12.3. The van der Waals surface area contributed by atoms with Crippen LogP contribution >= 0.6 is 0 Å². The zero-order valence-corrected chi connectivity index (χ0v) is 24.8. The lowest BCUT2D eigenvalue weighted by atomic mass is 10.1. The first-order valence-electron chi connectivity index (χ1n) is 14.4. The summed E-state index contributed by atoms with van der Waals surface area (Å²) in [5, 5.41) is 5.73. The van der Waals surface area contributed by atoms with Gasteiger partial charge in [0.25, 0.3) is 0 Å². The number of likely N-dealkylation sites (N-methyl/N-ethyl adjacent to an activating group) is 2. The maximum Gasteiger partial charge on any atom is 0.410 e. The minimum Gasteiger partial charge on any atom is -0.444 e. The third-order valence-electron chi connectivity index (χ3n) is 7.56. The number of hydrogen-bond acceptors (Lipinski definition) is 8. The third kappa shape index (κ3) is 6.72. The van der Waals surface area contributed by atoms with Crippen LogP contribution in [0, 0.1) is 0 Å². The van der Waals surface area contributed by atoms with Gasteiger partial charge < -0.3 is 24.2 Å². The topological polar surface area (TPSA) is 88.9 Å². The van der Waals surface area contributed by atoms with E-state index in [4.69, 9.17) is 24.5 Å². The number of amides is 1. The van der Waals surface area contributed by atoms with Gasteiger partial charge in [-0.05, 0) is 65.1 Å². The molecule has 10 nitrogen and oxygen atoms in total. The number of aromatic nitrogens is 4. The Morgan fingerprint density at radius 2 is 1.82 bits per heavy atom. The van der Waals surface area contributed by atoms with E-state index >= 15 is 0 Å². The molecule has 2 fully saturated rings. The molecule has 2 aliphatic rings. The summed E-state index contributed by atoms with van der Waals surface area (Å²) >= 11 is 0. The molecule has 3 heterocycles.